The topological polar surface area (TPSA) is 120 Å². The van der Waals surface area contributed by atoms with Crippen LogP contribution in [0.1, 0.15) is 32.4 Å². The second-order valence-electron chi connectivity index (χ2n) is 7.20. The number of nitrogens with one attached hydrogen (secondary N) is 1. The molecule has 1 aromatic carbocycles. The van der Waals surface area contributed by atoms with E-state index >= 15 is 0 Å². The summed E-state index contributed by atoms with van der Waals surface area (Å²) in [6.07, 6.45) is 0. The molecule has 164 valence electrons. The van der Waals surface area contributed by atoms with E-state index in [4.69, 9.17) is 0 Å². The molecule has 0 aliphatic carbocycles. The van der Waals surface area contributed by atoms with Crippen molar-refractivity contribution in [3.63, 3.8) is 0 Å². The highest BCUT2D eigenvalue weighted by Crippen LogP contribution is 2.29. The Morgan fingerprint density at radius 2 is 1.91 bits per heavy atom. The standard InChI is InChI=1S/C20H19FN8O2S/c1-9-10(2)25-28(5)20(31)16(9)19-22-11(3)17(32-19)18(30)23-15-8-13(6-7-14(15)21)29-12(4)24-26-27-29/h6-8H,1-5H3,(H,23,30). The lowest BCUT2D eigenvalue weighted by molar-refractivity contribution is 0.102. The van der Waals surface area contributed by atoms with Crippen molar-refractivity contribution in [2.45, 2.75) is 27.7 Å². The lowest BCUT2D eigenvalue weighted by Gasteiger charge is -2.08. The normalized spacial score (nSPS) is 11.1. The Morgan fingerprint density at radius 3 is 2.59 bits per heavy atom. The Bertz CT molecular complexity index is 1420. The van der Waals surface area contributed by atoms with Crippen molar-refractivity contribution in [2.24, 2.45) is 7.05 Å². The van der Waals surface area contributed by atoms with Gasteiger partial charge in [-0.15, -0.1) is 16.4 Å². The summed E-state index contributed by atoms with van der Waals surface area (Å²) in [5.74, 6) is -0.623. The summed E-state index contributed by atoms with van der Waals surface area (Å²) >= 11 is 1.07. The molecular weight excluding hydrogens is 435 g/mol. The van der Waals surface area contributed by atoms with Crippen LogP contribution in [0.15, 0.2) is 23.0 Å². The smallest absolute Gasteiger partial charge is 0.277 e. The van der Waals surface area contributed by atoms with Crippen LogP contribution in [0.3, 0.4) is 0 Å². The molecule has 12 heteroatoms. The molecule has 0 aliphatic heterocycles. The number of hydrogen-bond donors (Lipinski definition) is 1. The minimum absolute atomic E-state index is 0.0244. The van der Waals surface area contributed by atoms with Gasteiger partial charge < -0.3 is 5.32 Å². The zero-order valence-corrected chi connectivity index (χ0v) is 18.8. The molecule has 0 atom stereocenters. The molecule has 0 saturated heterocycles. The molecule has 0 radical (unpaired) electrons. The first-order chi connectivity index (χ1) is 15.2. The summed E-state index contributed by atoms with van der Waals surface area (Å²) in [5, 5.41) is 18.4. The van der Waals surface area contributed by atoms with E-state index in [1.165, 1.54) is 27.6 Å². The van der Waals surface area contributed by atoms with E-state index < -0.39 is 11.7 Å². The fourth-order valence-electron chi connectivity index (χ4n) is 3.20. The maximum Gasteiger partial charge on any atom is 0.277 e. The minimum atomic E-state index is -0.607. The van der Waals surface area contributed by atoms with Gasteiger partial charge in [0.25, 0.3) is 11.5 Å². The third kappa shape index (κ3) is 3.68. The number of amides is 1. The van der Waals surface area contributed by atoms with E-state index in [1.807, 2.05) is 0 Å². The van der Waals surface area contributed by atoms with Gasteiger partial charge >= 0.3 is 0 Å². The van der Waals surface area contributed by atoms with Gasteiger partial charge in [-0.05, 0) is 61.9 Å². The van der Waals surface area contributed by atoms with Gasteiger partial charge in [0.1, 0.15) is 15.7 Å². The predicted molar refractivity (Wildman–Crippen MR) is 117 cm³/mol. The van der Waals surface area contributed by atoms with E-state index in [1.54, 1.807) is 34.7 Å². The predicted octanol–water partition coefficient (Wildman–Crippen LogP) is 2.50. The van der Waals surface area contributed by atoms with Gasteiger partial charge in [0.05, 0.1) is 28.3 Å². The lowest BCUT2D eigenvalue weighted by atomic mass is 10.1. The molecule has 4 rings (SSSR count). The van der Waals surface area contributed by atoms with Crippen molar-refractivity contribution in [3.05, 3.63) is 62.0 Å². The number of anilines is 1. The summed E-state index contributed by atoms with van der Waals surface area (Å²) in [7, 11) is 1.56. The Morgan fingerprint density at radius 1 is 1.16 bits per heavy atom. The highest BCUT2D eigenvalue weighted by atomic mass is 32.1. The number of tetrazole rings is 1. The van der Waals surface area contributed by atoms with Crippen molar-refractivity contribution < 1.29 is 9.18 Å². The summed E-state index contributed by atoms with van der Waals surface area (Å²) in [6.45, 7) is 6.96. The summed E-state index contributed by atoms with van der Waals surface area (Å²) in [6, 6.07) is 4.18. The van der Waals surface area contributed by atoms with E-state index in [0.29, 0.717) is 39.0 Å². The van der Waals surface area contributed by atoms with Gasteiger partial charge in [-0.2, -0.15) is 9.78 Å². The number of aromatic nitrogens is 7. The van der Waals surface area contributed by atoms with E-state index in [9.17, 15) is 14.0 Å². The zero-order chi connectivity index (χ0) is 23.2. The lowest BCUT2D eigenvalue weighted by Crippen LogP contribution is -2.23. The summed E-state index contributed by atoms with van der Waals surface area (Å²) in [5.41, 5.74) is 2.40. The van der Waals surface area contributed by atoms with Crippen molar-refractivity contribution >= 4 is 22.9 Å². The highest BCUT2D eigenvalue weighted by Gasteiger charge is 2.22. The molecule has 0 bridgehead atoms. The van der Waals surface area contributed by atoms with Crippen LogP contribution in [0, 0.1) is 33.5 Å². The van der Waals surface area contributed by atoms with E-state index in [2.05, 4.69) is 30.9 Å². The largest absolute Gasteiger partial charge is 0.319 e. The molecule has 0 spiro atoms. The second-order valence-corrected chi connectivity index (χ2v) is 8.20. The van der Waals surface area contributed by atoms with Crippen molar-refractivity contribution in [3.8, 4) is 16.3 Å². The highest BCUT2D eigenvalue weighted by molar-refractivity contribution is 7.17. The van der Waals surface area contributed by atoms with E-state index in [0.717, 1.165) is 11.3 Å². The Hall–Kier alpha value is -3.80. The fourth-order valence-corrected chi connectivity index (χ4v) is 4.26. The first-order valence-corrected chi connectivity index (χ1v) is 10.4. The quantitative estimate of drug-likeness (QED) is 0.503. The Labute approximate surface area is 185 Å². The number of rotatable bonds is 4. The van der Waals surface area contributed by atoms with Gasteiger partial charge in [-0.1, -0.05) is 0 Å². The number of nitrogens with zero attached hydrogens (tertiary/aromatic N) is 7. The summed E-state index contributed by atoms with van der Waals surface area (Å²) in [4.78, 5) is 30.3. The summed E-state index contributed by atoms with van der Waals surface area (Å²) < 4.78 is 17.1. The maximum atomic E-state index is 14.4. The van der Waals surface area contributed by atoms with Crippen LogP contribution in [0.25, 0.3) is 16.3 Å². The van der Waals surface area contributed by atoms with Crippen LogP contribution >= 0.6 is 11.3 Å². The fraction of sp³-hybridized carbons (Fsp3) is 0.250. The van der Waals surface area contributed by atoms with Crippen molar-refractivity contribution in [1.29, 1.82) is 0 Å². The molecule has 10 nitrogen and oxygen atoms in total. The third-order valence-electron chi connectivity index (χ3n) is 5.01. The molecule has 1 N–H and O–H groups in total. The average molecular weight is 454 g/mol. The number of thiazole rings is 1. The maximum absolute atomic E-state index is 14.4. The zero-order valence-electron chi connectivity index (χ0n) is 18.0. The molecule has 1 amide bonds. The first-order valence-electron chi connectivity index (χ1n) is 9.56. The molecule has 0 aliphatic rings. The van der Waals surface area contributed by atoms with Crippen LogP contribution < -0.4 is 10.9 Å². The number of benzene rings is 1. The molecule has 3 aromatic heterocycles. The van der Waals surface area contributed by atoms with Crippen LogP contribution in [0.2, 0.25) is 0 Å². The van der Waals surface area contributed by atoms with Gasteiger partial charge in [0.15, 0.2) is 5.82 Å². The SMILES string of the molecule is Cc1nc(-c2c(C)c(C)nn(C)c2=O)sc1C(=O)Nc1cc(-n2nnnc2C)ccc1F. The average Bonchev–Trinajstić information content (AvgIpc) is 3.34. The van der Waals surface area contributed by atoms with Gasteiger partial charge in [0.2, 0.25) is 0 Å². The first kappa shape index (κ1) is 21.4. The second kappa shape index (κ2) is 8.04. The third-order valence-corrected chi connectivity index (χ3v) is 6.18. The number of halogens is 1. The van der Waals surface area contributed by atoms with Crippen LogP contribution in [0.4, 0.5) is 10.1 Å². The Kier molecular flexibility index (Phi) is 5.38. The van der Waals surface area contributed by atoms with Crippen molar-refractivity contribution in [2.75, 3.05) is 5.32 Å². The van der Waals surface area contributed by atoms with Crippen LogP contribution in [-0.4, -0.2) is 40.9 Å². The number of carbonyl (C=O) groups excluding carboxylic acids is 1. The van der Waals surface area contributed by atoms with Gasteiger partial charge in [-0.25, -0.2) is 14.1 Å². The molecule has 0 fully saturated rings. The minimum Gasteiger partial charge on any atom is -0.319 e. The number of hydrogen-bond acceptors (Lipinski definition) is 8. The number of aryl methyl sites for hydroxylation is 4. The van der Waals surface area contributed by atoms with Gasteiger partial charge in [-0.3, -0.25) is 9.59 Å². The molecule has 4 aromatic rings. The molecule has 0 unspecified atom stereocenters. The molecule has 3 heterocycles. The van der Waals surface area contributed by atoms with Crippen molar-refractivity contribution in [1.82, 2.24) is 35.0 Å². The molecule has 0 saturated carbocycles. The number of carbonyl (C=O) groups is 1. The monoisotopic (exact) mass is 454 g/mol. The van der Waals surface area contributed by atoms with Crippen LogP contribution in [-0.2, 0) is 7.05 Å². The molecule has 32 heavy (non-hydrogen) atoms. The van der Waals surface area contributed by atoms with Gasteiger partial charge in [0, 0.05) is 7.05 Å². The van der Waals surface area contributed by atoms with E-state index in [-0.39, 0.29) is 16.1 Å². The molecular formula is C20H19FN8O2S. The Balaban J connectivity index is 1.69. The van der Waals surface area contributed by atoms with Crippen LogP contribution in [0.5, 0.6) is 0 Å².